The second-order valence-corrected chi connectivity index (χ2v) is 6.95. The van der Waals surface area contributed by atoms with Gasteiger partial charge in [-0.25, -0.2) is 4.99 Å². The number of carbonyl (C=O) groups excluding carboxylic acids is 2. The fraction of sp³-hybridized carbons (Fsp3) is 0.190. The quantitative estimate of drug-likeness (QED) is 0.422. The monoisotopic (exact) mass is 468 g/mol. The Labute approximate surface area is 187 Å². The summed E-state index contributed by atoms with van der Waals surface area (Å²) in [6.45, 7) is 2.46. The van der Waals surface area contributed by atoms with E-state index in [0.29, 0.717) is 23.0 Å². The van der Waals surface area contributed by atoms with Gasteiger partial charge in [0.05, 0.1) is 10.7 Å². The van der Waals surface area contributed by atoms with Gasteiger partial charge in [-0.15, -0.1) is 0 Å². The first kappa shape index (κ1) is 24.7. The lowest BCUT2D eigenvalue weighted by Gasteiger charge is -2.12. The third-order valence-electron chi connectivity index (χ3n) is 3.86. The van der Waals surface area contributed by atoms with Crippen LogP contribution < -0.4 is 16.4 Å². The lowest BCUT2D eigenvalue weighted by molar-refractivity contribution is -0.118. The van der Waals surface area contributed by atoms with Crippen LogP contribution in [0.2, 0.25) is 5.02 Å². The molecule has 0 unspecified atom stereocenters. The average molecular weight is 469 g/mol. The van der Waals surface area contributed by atoms with E-state index >= 15 is 0 Å². The molecule has 0 aromatic heterocycles. The third-order valence-corrected chi connectivity index (χ3v) is 4.18. The van der Waals surface area contributed by atoms with Crippen LogP contribution in [-0.2, 0) is 14.3 Å². The van der Waals surface area contributed by atoms with E-state index in [1.165, 1.54) is 19.1 Å². The van der Waals surface area contributed by atoms with Crippen molar-refractivity contribution in [3.05, 3.63) is 64.8 Å². The molecule has 0 aliphatic rings. The number of allylic oxidation sites excluding steroid dienone is 1. The van der Waals surface area contributed by atoms with Crippen LogP contribution in [0.4, 0.5) is 30.2 Å². The summed E-state index contributed by atoms with van der Waals surface area (Å²) < 4.78 is 43.7. The maximum atomic E-state index is 12.8. The van der Waals surface area contributed by atoms with Gasteiger partial charge in [-0.2, -0.15) is 13.2 Å². The van der Waals surface area contributed by atoms with Crippen LogP contribution in [0.5, 0.6) is 0 Å². The number of halogens is 4. The predicted octanol–water partition coefficient (Wildman–Crippen LogP) is 4.70. The molecule has 7 nitrogen and oxygen atoms in total. The number of aryl methyl sites for hydroxylation is 1. The number of nitrogens with two attached hydrogens (primary N) is 1. The summed E-state index contributed by atoms with van der Waals surface area (Å²) in [5, 5.41) is 5.36. The van der Waals surface area contributed by atoms with Crippen LogP contribution in [0, 0.1) is 6.92 Å². The lowest BCUT2D eigenvalue weighted by Crippen LogP contribution is -2.23. The van der Waals surface area contributed by atoms with Crippen molar-refractivity contribution in [3.63, 3.8) is 0 Å². The van der Waals surface area contributed by atoms with Crippen molar-refractivity contribution < 1.29 is 27.5 Å². The van der Waals surface area contributed by atoms with Gasteiger partial charge in [0.2, 0.25) is 11.8 Å². The average Bonchev–Trinajstić information content (AvgIpc) is 2.69. The van der Waals surface area contributed by atoms with Gasteiger partial charge in [-0.05, 0) is 42.8 Å². The Morgan fingerprint density at radius 2 is 1.88 bits per heavy atom. The molecule has 170 valence electrons. The minimum Gasteiger partial charge on any atom is -0.467 e. The Morgan fingerprint density at radius 1 is 1.19 bits per heavy atom. The number of benzene rings is 2. The first-order valence-corrected chi connectivity index (χ1v) is 9.52. The van der Waals surface area contributed by atoms with Crippen LogP contribution >= 0.6 is 11.6 Å². The zero-order valence-corrected chi connectivity index (χ0v) is 17.8. The van der Waals surface area contributed by atoms with Gasteiger partial charge >= 0.3 is 6.18 Å². The second kappa shape index (κ2) is 10.7. The highest BCUT2D eigenvalue weighted by Crippen LogP contribution is 2.26. The molecule has 32 heavy (non-hydrogen) atoms. The zero-order valence-electron chi connectivity index (χ0n) is 17.1. The molecule has 0 spiro atoms. The van der Waals surface area contributed by atoms with Gasteiger partial charge in [0, 0.05) is 24.4 Å². The molecule has 0 bridgehead atoms. The van der Waals surface area contributed by atoms with E-state index in [4.69, 9.17) is 22.1 Å². The van der Waals surface area contributed by atoms with Crippen molar-refractivity contribution in [1.82, 2.24) is 0 Å². The summed E-state index contributed by atoms with van der Waals surface area (Å²) in [5.41, 5.74) is 5.41. The number of rotatable bonds is 6. The molecular formula is C21H20ClF3N4O3. The SMILES string of the molecule is CC(=O)Nc1ccc(NC(=O)COC(C=C(N)C(F)(F)F)=Nc2ccccc2Cl)cc1C. The van der Waals surface area contributed by atoms with E-state index in [1.54, 1.807) is 37.3 Å². The number of amides is 2. The number of carbonyl (C=O) groups is 2. The predicted molar refractivity (Wildman–Crippen MR) is 117 cm³/mol. The standard InChI is InChI=1S/C21H20ClF3N4O3/c1-12-9-14(7-8-16(12)27-13(2)30)28-19(31)11-32-20(10-18(26)21(23,24)25)29-17-6-4-3-5-15(17)22/h3-10H,11,26H2,1-2H3,(H,27,30)(H,28,31). The molecule has 0 fully saturated rings. The van der Waals surface area contributed by atoms with Crippen LogP contribution in [0.1, 0.15) is 12.5 Å². The van der Waals surface area contributed by atoms with E-state index in [9.17, 15) is 22.8 Å². The number of aliphatic imine (C=N–C) groups is 1. The number of nitrogens with one attached hydrogen (secondary N) is 2. The van der Waals surface area contributed by atoms with Gasteiger partial charge in [0.15, 0.2) is 6.61 Å². The van der Waals surface area contributed by atoms with Crippen LogP contribution in [0.25, 0.3) is 0 Å². The summed E-state index contributed by atoms with van der Waals surface area (Å²) in [4.78, 5) is 27.3. The molecule has 0 heterocycles. The van der Waals surface area contributed by atoms with E-state index in [0.717, 1.165) is 0 Å². The van der Waals surface area contributed by atoms with Gasteiger partial charge in [0.25, 0.3) is 5.91 Å². The lowest BCUT2D eigenvalue weighted by atomic mass is 10.1. The van der Waals surface area contributed by atoms with Crippen molar-refractivity contribution >= 4 is 46.4 Å². The molecule has 0 radical (unpaired) electrons. The van der Waals surface area contributed by atoms with Gasteiger partial charge < -0.3 is 21.1 Å². The van der Waals surface area contributed by atoms with E-state index in [-0.39, 0.29) is 16.6 Å². The molecule has 0 aliphatic heterocycles. The molecule has 0 saturated carbocycles. The molecule has 0 saturated heterocycles. The van der Waals surface area contributed by atoms with Crippen molar-refractivity contribution in [3.8, 4) is 0 Å². The number of hydrogen-bond donors (Lipinski definition) is 3. The van der Waals surface area contributed by atoms with E-state index in [2.05, 4.69) is 15.6 Å². The summed E-state index contributed by atoms with van der Waals surface area (Å²) in [7, 11) is 0. The molecule has 2 rings (SSSR count). The summed E-state index contributed by atoms with van der Waals surface area (Å²) >= 11 is 5.98. The van der Waals surface area contributed by atoms with Crippen LogP contribution in [0.3, 0.4) is 0 Å². The molecule has 4 N–H and O–H groups in total. The maximum Gasteiger partial charge on any atom is 0.430 e. The maximum absolute atomic E-state index is 12.8. The van der Waals surface area contributed by atoms with Crippen molar-refractivity contribution in [2.45, 2.75) is 20.0 Å². The number of para-hydroxylation sites is 1. The Hall–Kier alpha value is -3.53. The second-order valence-electron chi connectivity index (χ2n) is 6.55. The van der Waals surface area contributed by atoms with Crippen LogP contribution in [0.15, 0.2) is 59.2 Å². The largest absolute Gasteiger partial charge is 0.467 e. The third kappa shape index (κ3) is 7.62. The van der Waals surface area contributed by atoms with Crippen LogP contribution in [-0.4, -0.2) is 30.5 Å². The summed E-state index contributed by atoms with van der Waals surface area (Å²) in [6.07, 6.45) is -4.33. The number of hydrogen-bond acceptors (Lipinski definition) is 5. The minimum atomic E-state index is -4.81. The fourth-order valence-electron chi connectivity index (χ4n) is 2.39. The van der Waals surface area contributed by atoms with Crippen molar-refractivity contribution in [2.24, 2.45) is 10.7 Å². The molecule has 11 heteroatoms. The van der Waals surface area contributed by atoms with Gasteiger partial charge in [0.1, 0.15) is 5.70 Å². The van der Waals surface area contributed by atoms with Crippen molar-refractivity contribution in [2.75, 3.05) is 17.2 Å². The summed E-state index contributed by atoms with van der Waals surface area (Å²) in [6, 6.07) is 10.9. The smallest absolute Gasteiger partial charge is 0.430 e. The van der Waals surface area contributed by atoms with E-state index < -0.39 is 30.3 Å². The first-order chi connectivity index (χ1) is 15.0. The van der Waals surface area contributed by atoms with Gasteiger partial charge in [-0.3, -0.25) is 9.59 Å². The molecule has 2 aromatic rings. The number of anilines is 2. The number of alkyl halides is 3. The highest BCUT2D eigenvalue weighted by atomic mass is 35.5. The summed E-state index contributed by atoms with van der Waals surface area (Å²) in [5.74, 6) is -1.43. The normalized spacial score (nSPS) is 12.3. The molecular weight excluding hydrogens is 449 g/mol. The molecule has 2 aromatic carbocycles. The van der Waals surface area contributed by atoms with Gasteiger partial charge in [-0.1, -0.05) is 23.7 Å². The minimum absolute atomic E-state index is 0.139. The molecule has 2 amide bonds. The fourth-order valence-corrected chi connectivity index (χ4v) is 2.57. The Balaban J connectivity index is 2.15. The van der Waals surface area contributed by atoms with Crippen molar-refractivity contribution in [1.29, 1.82) is 0 Å². The Bertz CT molecular complexity index is 1070. The molecule has 0 aliphatic carbocycles. The highest BCUT2D eigenvalue weighted by Gasteiger charge is 2.32. The molecule has 0 atom stereocenters. The first-order valence-electron chi connectivity index (χ1n) is 9.14. The Kier molecular flexibility index (Phi) is 8.25. The highest BCUT2D eigenvalue weighted by molar-refractivity contribution is 6.33. The Morgan fingerprint density at radius 3 is 2.47 bits per heavy atom. The topological polar surface area (TPSA) is 106 Å². The zero-order chi connectivity index (χ0) is 23.9. The number of nitrogens with zero attached hydrogens (tertiary/aromatic N) is 1. The van der Waals surface area contributed by atoms with E-state index in [1.807, 2.05) is 0 Å². The number of ether oxygens (including phenoxy) is 1.